The number of carboxylic acid groups (broad SMARTS) is 3. The Kier molecular flexibility index (Phi) is 94.7. The molecule has 0 bridgehead atoms. The molecule has 0 amide bonds. The van der Waals surface area contributed by atoms with Crippen LogP contribution in [0.1, 0.15) is 77.0 Å². The highest BCUT2D eigenvalue weighted by molar-refractivity contribution is 9.09. The second-order valence-corrected chi connectivity index (χ2v) is 18.2. The molecule has 0 saturated carbocycles. The Labute approximate surface area is 469 Å². The van der Waals surface area contributed by atoms with Crippen molar-refractivity contribution in [2.75, 3.05) is 167 Å². The van der Waals surface area contributed by atoms with Crippen molar-refractivity contribution >= 4 is 111 Å². The number of hydrogen-bond donors (Lipinski definition) is 4. The van der Waals surface area contributed by atoms with E-state index >= 15 is 0 Å². The first-order valence-corrected chi connectivity index (χ1v) is 24.2. The zero-order valence-corrected chi connectivity index (χ0v) is 51.7. The number of carbonyl (C=O) groups excluding carboxylic acids is 3. The van der Waals surface area contributed by atoms with Gasteiger partial charge in [0.2, 0.25) is 0 Å². The van der Waals surface area contributed by atoms with Crippen LogP contribution in [0.4, 0.5) is 0 Å². The van der Waals surface area contributed by atoms with Gasteiger partial charge in [-0.15, -0.1) is 59.6 Å². The van der Waals surface area contributed by atoms with Gasteiger partial charge in [0.15, 0.2) is 0 Å². The van der Waals surface area contributed by atoms with Crippen LogP contribution in [0.3, 0.4) is 0 Å². The predicted molar refractivity (Wildman–Crippen MR) is 283 cm³/mol. The molecule has 0 atom stereocenters. The molecule has 26 heteroatoms. The van der Waals surface area contributed by atoms with Crippen molar-refractivity contribution in [2.45, 2.75) is 77.0 Å². The Bertz CT molecular complexity index is 1120. The number of aliphatic carboxylic acids is 3. The number of ether oxygens (including phenoxy) is 3. The summed E-state index contributed by atoms with van der Waals surface area (Å²) in [7, 11) is 24.4. The van der Waals surface area contributed by atoms with E-state index in [1.807, 2.05) is 57.0 Å². The smallest absolute Gasteiger partial charge is 0.305 e. The number of quaternary nitrogens is 2. The van der Waals surface area contributed by atoms with Gasteiger partial charge in [-0.3, -0.25) is 28.8 Å². The van der Waals surface area contributed by atoms with Crippen molar-refractivity contribution in [1.29, 1.82) is 0 Å². The Balaban J connectivity index is -0.0000000637. The van der Waals surface area contributed by atoms with Crippen LogP contribution in [-0.4, -0.2) is 242 Å². The molecule has 18 nitrogen and oxygen atoms in total. The van der Waals surface area contributed by atoms with E-state index in [1.165, 1.54) is 21.3 Å². The standard InChI is InChI=1S/C9H19ClNO2.C8H16ClNO2.2C7H15NO2.C6H13NO2.C4H9NO2.C2H4BrCl.BrH.3ClH/c1-11(2,8-6-10)7-4-5-9(12)13-3;1-10(2,7-5-9)6-3-4-8(11)12;2*1-8(2)6-4-5-7(9)10-3;1-7(2)5-3-4-6(8)9;5-3-1-2-4(6)7;3-1-2-4;;;;/h4-8H2,1-3H3;3-7H2,1-2H3;2*4-6H2,1-3H3;3-5H2,1-2H3,(H,8,9);1-3,5H2,(H,6,7);1-2H2;4*1H/q+1;;;;;;;;;;/p-1. The molecule has 0 radical (unpaired) electrons. The molecule has 0 fully saturated rings. The van der Waals surface area contributed by atoms with E-state index in [4.69, 9.17) is 55.9 Å². The lowest BCUT2D eigenvalue weighted by molar-refractivity contribution is -0.888. The summed E-state index contributed by atoms with van der Waals surface area (Å²) in [5, 5.41) is 25.5. The zero-order chi connectivity index (χ0) is 52.3. The van der Waals surface area contributed by atoms with Gasteiger partial charge in [-0.2, -0.15) is 0 Å². The Hall–Kier alpha value is -0.720. The van der Waals surface area contributed by atoms with Crippen LogP contribution in [0.5, 0.6) is 0 Å². The number of esters is 3. The minimum Gasteiger partial charge on any atom is -1.00 e. The average molecular weight is 1260 g/mol. The summed E-state index contributed by atoms with van der Waals surface area (Å²) >= 11 is 19.5. The van der Waals surface area contributed by atoms with Gasteiger partial charge < -0.3 is 88.3 Å². The molecule has 0 aliphatic heterocycles. The van der Waals surface area contributed by atoms with Crippen molar-refractivity contribution in [3.05, 3.63) is 0 Å². The second kappa shape index (κ2) is 69.4. The van der Waals surface area contributed by atoms with Crippen molar-refractivity contribution in [1.82, 2.24) is 14.7 Å². The lowest BCUT2D eigenvalue weighted by atomic mass is 10.3. The number of alkyl halides is 4. The molecule has 69 heavy (non-hydrogen) atoms. The lowest BCUT2D eigenvalue weighted by Crippen LogP contribution is -3.00. The molecule has 0 heterocycles. The van der Waals surface area contributed by atoms with Crippen molar-refractivity contribution in [3.63, 3.8) is 0 Å². The van der Waals surface area contributed by atoms with Crippen LogP contribution < -0.4 is 35.1 Å². The van der Waals surface area contributed by atoms with Gasteiger partial charge in [0.1, 0.15) is 0 Å². The highest BCUT2D eigenvalue weighted by Crippen LogP contribution is 2.04. The summed E-state index contributed by atoms with van der Waals surface area (Å²) < 4.78 is 15.2. The molecule has 0 aromatic rings. The summed E-state index contributed by atoms with van der Waals surface area (Å²) in [4.78, 5) is 67.8. The second-order valence-electron chi connectivity index (χ2n) is 16.3. The van der Waals surface area contributed by atoms with Gasteiger partial charge in [0, 0.05) is 49.7 Å². The van der Waals surface area contributed by atoms with E-state index in [1.54, 1.807) is 0 Å². The first kappa shape index (κ1) is 94.2. The third kappa shape index (κ3) is 113. The molecule has 424 valence electrons. The molecule has 0 saturated heterocycles. The third-order valence-corrected chi connectivity index (χ3v) is 9.38. The van der Waals surface area contributed by atoms with Crippen molar-refractivity contribution in [2.24, 2.45) is 5.73 Å². The van der Waals surface area contributed by atoms with Crippen LogP contribution in [0.15, 0.2) is 0 Å². The monoisotopic (exact) mass is 1250 g/mol. The highest BCUT2D eigenvalue weighted by Gasteiger charge is 2.15. The number of methoxy groups -OCH3 is 3. The van der Waals surface area contributed by atoms with Crippen molar-refractivity contribution in [3.8, 4) is 0 Å². The summed E-state index contributed by atoms with van der Waals surface area (Å²) in [6.45, 7) is 6.85. The maximum absolute atomic E-state index is 10.8. The fourth-order valence-corrected chi connectivity index (χ4v) is 5.09. The van der Waals surface area contributed by atoms with Gasteiger partial charge in [-0.25, -0.2) is 0 Å². The van der Waals surface area contributed by atoms with Gasteiger partial charge in [-0.05, 0) is 94.1 Å². The minimum atomic E-state index is -0.773. The number of carboxylic acids is 3. The van der Waals surface area contributed by atoms with Crippen LogP contribution >= 0.6 is 75.5 Å². The Morgan fingerprint density at radius 2 is 0.725 bits per heavy atom. The molecule has 0 aliphatic carbocycles. The number of halogens is 8. The zero-order valence-electron chi connectivity index (χ0n) is 43.9. The normalized spacial score (nSPS) is 9.70. The summed E-state index contributed by atoms with van der Waals surface area (Å²) in [5.41, 5.74) is 5.01. The van der Waals surface area contributed by atoms with Gasteiger partial charge in [0.25, 0.3) is 0 Å². The van der Waals surface area contributed by atoms with Crippen LogP contribution in [0, 0.1) is 0 Å². The summed E-state index contributed by atoms with van der Waals surface area (Å²) in [6, 6.07) is 0. The first-order valence-electron chi connectivity index (χ1n) is 21.5. The third-order valence-electron chi connectivity index (χ3n) is 8.00. The minimum absolute atomic E-state index is 0. The van der Waals surface area contributed by atoms with Crippen LogP contribution in [0.25, 0.3) is 0 Å². The van der Waals surface area contributed by atoms with Crippen LogP contribution in [-0.2, 0) is 43.0 Å². The average Bonchev–Trinajstić information content (AvgIpc) is 3.20. The SMILES string of the molecule is CN(C)CCCC(=O)O.COC(=O)CCCN(C)C.COC(=O)CCCN(C)C.COC(=O)CCC[N+](C)(C)CCCl.C[N+](C)(CCCl)CCCC(=O)O.Cl.Cl.ClCCBr.NCCCC(=O)O.[Br-].[Cl-]. The molecule has 0 rings (SSSR count). The highest BCUT2D eigenvalue weighted by atomic mass is 79.9. The van der Waals surface area contributed by atoms with Crippen LogP contribution in [0.2, 0.25) is 0 Å². The van der Waals surface area contributed by atoms with E-state index < -0.39 is 17.9 Å². The molecule has 0 aliphatic rings. The summed E-state index contributed by atoms with van der Waals surface area (Å²) in [5.74, 6) is -0.594. The van der Waals surface area contributed by atoms with E-state index in [2.05, 4.69) is 58.3 Å². The summed E-state index contributed by atoms with van der Waals surface area (Å²) in [6.07, 6.45) is 6.91. The van der Waals surface area contributed by atoms with Gasteiger partial charge in [0.05, 0.1) is 100 Å². The molecular formula is C43H94Br2Cl6N6O12. The fourth-order valence-electron chi connectivity index (χ4n) is 4.18. The number of nitrogens with zero attached hydrogens (tertiary/aromatic N) is 5. The predicted octanol–water partition coefficient (Wildman–Crippen LogP) is 0.118. The molecule has 0 aromatic heterocycles. The Morgan fingerprint density at radius 1 is 0.493 bits per heavy atom. The quantitative estimate of drug-likeness (QED) is 0.0353. The lowest BCUT2D eigenvalue weighted by Gasteiger charge is -2.28. The fraction of sp³-hybridized carbons (Fsp3) is 0.860. The molecule has 5 N–H and O–H groups in total. The molecular weight excluding hydrogens is 1170 g/mol. The number of nitrogens with two attached hydrogens (primary N) is 1. The van der Waals surface area contributed by atoms with E-state index in [0.717, 1.165) is 92.2 Å². The molecule has 0 aromatic carbocycles. The van der Waals surface area contributed by atoms with Gasteiger partial charge >= 0.3 is 35.8 Å². The molecule has 0 unspecified atom stereocenters. The van der Waals surface area contributed by atoms with E-state index in [-0.39, 0.29) is 91.4 Å². The number of hydrogen-bond acceptors (Lipinski definition) is 13. The van der Waals surface area contributed by atoms with Crippen molar-refractivity contribution < 1.29 is 96.7 Å². The maximum Gasteiger partial charge on any atom is 0.305 e. The number of carbonyl (C=O) groups is 6. The largest absolute Gasteiger partial charge is 1.00 e. The molecule has 0 spiro atoms. The first-order chi connectivity index (χ1) is 30.1. The van der Waals surface area contributed by atoms with E-state index in [9.17, 15) is 28.8 Å². The maximum atomic E-state index is 10.8. The van der Waals surface area contributed by atoms with Gasteiger partial charge in [-0.1, -0.05) is 15.9 Å². The van der Waals surface area contributed by atoms with E-state index in [0.29, 0.717) is 49.9 Å². The Morgan fingerprint density at radius 3 is 0.928 bits per heavy atom. The topological polar surface area (TPSA) is 227 Å². The number of rotatable bonds is 28.